The number of anilines is 1. The Bertz CT molecular complexity index is 1250. The third-order valence-electron chi connectivity index (χ3n) is 5.37. The Balaban J connectivity index is 1.84. The molecule has 0 fully saturated rings. The van der Waals surface area contributed by atoms with Crippen LogP contribution >= 0.6 is 0 Å². The fourth-order valence-electron chi connectivity index (χ4n) is 3.73. The number of hydrogen-bond donors (Lipinski definition) is 1. The normalized spacial score (nSPS) is 11.9. The Hall–Kier alpha value is -2.85. The molecule has 0 aliphatic rings. The molecule has 0 aliphatic heterocycles. The summed E-state index contributed by atoms with van der Waals surface area (Å²) in [4.78, 5) is 17.1. The Morgan fingerprint density at radius 3 is 2.45 bits per heavy atom. The number of amides is 1. The zero-order chi connectivity index (χ0) is 24.2. The quantitative estimate of drug-likeness (QED) is 0.470. The van der Waals surface area contributed by atoms with Gasteiger partial charge in [-0.2, -0.15) is 4.31 Å². The van der Waals surface area contributed by atoms with Gasteiger partial charge in [-0.25, -0.2) is 22.2 Å². The van der Waals surface area contributed by atoms with Crippen molar-refractivity contribution in [3.63, 3.8) is 0 Å². The lowest BCUT2D eigenvalue weighted by Crippen LogP contribution is -2.30. The highest BCUT2D eigenvalue weighted by Crippen LogP contribution is 2.24. The van der Waals surface area contributed by atoms with Crippen LogP contribution in [0, 0.1) is 11.6 Å². The minimum atomic E-state index is -3.62. The average molecular weight is 479 g/mol. The summed E-state index contributed by atoms with van der Waals surface area (Å²) >= 11 is 0. The van der Waals surface area contributed by atoms with Gasteiger partial charge >= 0.3 is 0 Å². The molecule has 0 unspecified atom stereocenters. The number of halogens is 2. The van der Waals surface area contributed by atoms with Crippen LogP contribution in [0.15, 0.2) is 41.3 Å². The van der Waals surface area contributed by atoms with Crippen molar-refractivity contribution in [2.24, 2.45) is 0 Å². The molecule has 0 bridgehead atoms. The number of benzene rings is 2. The van der Waals surface area contributed by atoms with Crippen molar-refractivity contribution in [1.29, 1.82) is 0 Å². The lowest BCUT2D eigenvalue weighted by molar-refractivity contribution is -0.116. The van der Waals surface area contributed by atoms with Crippen molar-refractivity contribution < 1.29 is 22.0 Å². The van der Waals surface area contributed by atoms with Crippen LogP contribution in [0.4, 0.5) is 14.5 Å². The number of fused-ring (bicyclic) bond motifs is 1. The molecule has 0 aliphatic carbocycles. The smallest absolute Gasteiger partial charge is 0.243 e. The van der Waals surface area contributed by atoms with E-state index in [1.54, 1.807) is 32.0 Å². The Labute approximate surface area is 192 Å². The molecule has 0 saturated carbocycles. The number of carbonyl (C=O) groups is 1. The molecule has 3 rings (SSSR count). The standard InChI is InChI=1S/C23H28F2N4O3S/c1-4-13-29-21-10-8-17(33(31,32)28(5-2)6-3)15-20(21)26-22(29)11-12-23(30)27-19-9-7-16(24)14-18(19)25/h7-10,14-15H,4-6,11-13H2,1-3H3,(H,27,30). The summed E-state index contributed by atoms with van der Waals surface area (Å²) in [6.07, 6.45) is 1.14. The zero-order valence-electron chi connectivity index (χ0n) is 18.9. The minimum Gasteiger partial charge on any atom is -0.328 e. The van der Waals surface area contributed by atoms with E-state index in [1.165, 1.54) is 10.4 Å². The summed E-state index contributed by atoms with van der Waals surface area (Å²) in [5, 5.41) is 2.44. The van der Waals surface area contributed by atoms with Gasteiger partial charge in [0.25, 0.3) is 0 Å². The number of aromatic nitrogens is 2. The van der Waals surface area contributed by atoms with Crippen LogP contribution in [0.25, 0.3) is 11.0 Å². The molecule has 10 heteroatoms. The summed E-state index contributed by atoms with van der Waals surface area (Å²) in [5.41, 5.74) is 1.24. The van der Waals surface area contributed by atoms with Gasteiger partial charge in [-0.3, -0.25) is 4.79 Å². The molecule has 1 N–H and O–H groups in total. The molecule has 33 heavy (non-hydrogen) atoms. The van der Waals surface area contributed by atoms with Crippen molar-refractivity contribution in [2.75, 3.05) is 18.4 Å². The van der Waals surface area contributed by atoms with Crippen LogP contribution < -0.4 is 5.32 Å². The van der Waals surface area contributed by atoms with Crippen molar-refractivity contribution in [3.05, 3.63) is 53.9 Å². The predicted octanol–water partition coefficient (Wildman–Crippen LogP) is 4.33. The van der Waals surface area contributed by atoms with Gasteiger partial charge in [0.2, 0.25) is 15.9 Å². The van der Waals surface area contributed by atoms with Gasteiger partial charge in [0.15, 0.2) is 0 Å². The van der Waals surface area contributed by atoms with E-state index in [-0.39, 0.29) is 23.4 Å². The molecule has 1 amide bonds. The summed E-state index contributed by atoms with van der Waals surface area (Å²) in [7, 11) is -3.62. The molecule has 3 aromatic rings. The molecule has 7 nitrogen and oxygen atoms in total. The van der Waals surface area contributed by atoms with Gasteiger partial charge in [0.05, 0.1) is 21.6 Å². The van der Waals surface area contributed by atoms with Crippen LogP contribution in [0.3, 0.4) is 0 Å². The number of aryl methyl sites for hydroxylation is 2. The molecule has 2 aromatic carbocycles. The third-order valence-corrected chi connectivity index (χ3v) is 7.42. The monoisotopic (exact) mass is 478 g/mol. The second-order valence-corrected chi connectivity index (χ2v) is 9.53. The first-order valence-corrected chi connectivity index (χ1v) is 12.4. The van der Waals surface area contributed by atoms with Crippen LogP contribution in [-0.2, 0) is 27.8 Å². The summed E-state index contributed by atoms with van der Waals surface area (Å²) in [5.74, 6) is -1.36. The van der Waals surface area contributed by atoms with E-state index in [2.05, 4.69) is 10.3 Å². The molecule has 178 valence electrons. The topological polar surface area (TPSA) is 84.3 Å². The third kappa shape index (κ3) is 5.39. The number of nitrogens with one attached hydrogen (secondary N) is 1. The lowest BCUT2D eigenvalue weighted by atomic mass is 10.2. The predicted molar refractivity (Wildman–Crippen MR) is 123 cm³/mol. The molecule has 1 heterocycles. The first-order valence-electron chi connectivity index (χ1n) is 10.9. The van der Waals surface area contributed by atoms with Crippen molar-refractivity contribution in [1.82, 2.24) is 13.9 Å². The van der Waals surface area contributed by atoms with Crippen LogP contribution in [0.5, 0.6) is 0 Å². The minimum absolute atomic E-state index is 0.0362. The van der Waals surface area contributed by atoms with E-state index in [9.17, 15) is 22.0 Å². The molecule has 0 atom stereocenters. The highest BCUT2D eigenvalue weighted by atomic mass is 32.2. The Morgan fingerprint density at radius 1 is 1.09 bits per heavy atom. The summed E-state index contributed by atoms with van der Waals surface area (Å²) in [6.45, 7) is 6.99. The number of imidazole rings is 1. The number of carbonyl (C=O) groups excluding carboxylic acids is 1. The first-order chi connectivity index (χ1) is 15.7. The fourth-order valence-corrected chi connectivity index (χ4v) is 5.20. The van der Waals surface area contributed by atoms with Gasteiger partial charge in [-0.1, -0.05) is 20.8 Å². The molecular weight excluding hydrogens is 450 g/mol. The maximum atomic E-state index is 13.8. The van der Waals surface area contributed by atoms with Gasteiger partial charge < -0.3 is 9.88 Å². The Morgan fingerprint density at radius 2 is 1.82 bits per heavy atom. The fraction of sp³-hybridized carbons (Fsp3) is 0.391. The maximum Gasteiger partial charge on any atom is 0.243 e. The van der Waals surface area contributed by atoms with Gasteiger partial charge in [-0.05, 0) is 36.8 Å². The summed E-state index contributed by atoms with van der Waals surface area (Å²) in [6, 6.07) is 7.84. The van der Waals surface area contributed by atoms with E-state index in [0.29, 0.717) is 37.0 Å². The van der Waals surface area contributed by atoms with Crippen molar-refractivity contribution in [2.45, 2.75) is 51.5 Å². The molecule has 0 radical (unpaired) electrons. The van der Waals surface area contributed by atoms with E-state index in [0.717, 1.165) is 18.0 Å². The number of nitrogens with zero attached hydrogens (tertiary/aromatic N) is 3. The van der Waals surface area contributed by atoms with Crippen molar-refractivity contribution >= 4 is 32.7 Å². The number of rotatable bonds is 10. The number of hydrogen-bond acceptors (Lipinski definition) is 4. The van der Waals surface area contributed by atoms with Gasteiger partial charge in [0.1, 0.15) is 17.5 Å². The lowest BCUT2D eigenvalue weighted by Gasteiger charge is -2.18. The van der Waals surface area contributed by atoms with E-state index < -0.39 is 27.6 Å². The molecule has 1 aromatic heterocycles. The SMILES string of the molecule is CCCn1c(CCC(=O)Nc2ccc(F)cc2F)nc2cc(S(=O)(=O)N(CC)CC)ccc21. The molecule has 0 saturated heterocycles. The van der Waals surface area contributed by atoms with Crippen LogP contribution in [0.2, 0.25) is 0 Å². The average Bonchev–Trinajstić information content (AvgIpc) is 3.12. The van der Waals surface area contributed by atoms with Crippen LogP contribution in [-0.4, -0.2) is 41.3 Å². The van der Waals surface area contributed by atoms with E-state index >= 15 is 0 Å². The highest BCUT2D eigenvalue weighted by Gasteiger charge is 2.23. The second-order valence-electron chi connectivity index (χ2n) is 7.59. The molecule has 0 spiro atoms. The first kappa shape index (κ1) is 24.8. The van der Waals surface area contributed by atoms with Crippen LogP contribution in [0.1, 0.15) is 39.4 Å². The Kier molecular flexibility index (Phi) is 7.80. The molecular formula is C23H28F2N4O3S. The van der Waals surface area contributed by atoms with Gasteiger partial charge in [-0.15, -0.1) is 0 Å². The van der Waals surface area contributed by atoms with Gasteiger partial charge in [0, 0.05) is 38.5 Å². The largest absolute Gasteiger partial charge is 0.328 e. The van der Waals surface area contributed by atoms with Crippen molar-refractivity contribution in [3.8, 4) is 0 Å². The van der Waals surface area contributed by atoms with E-state index in [1.807, 2.05) is 11.5 Å². The zero-order valence-corrected chi connectivity index (χ0v) is 19.8. The van der Waals surface area contributed by atoms with E-state index in [4.69, 9.17) is 0 Å². The summed E-state index contributed by atoms with van der Waals surface area (Å²) < 4.78 is 56.0. The maximum absolute atomic E-state index is 13.8. The highest BCUT2D eigenvalue weighted by molar-refractivity contribution is 7.89. The number of sulfonamides is 1. The second kappa shape index (κ2) is 10.4.